The Balaban J connectivity index is 1.83. The van der Waals surface area contributed by atoms with E-state index in [1.807, 2.05) is 20.3 Å². The molecule has 1 aromatic carbocycles. The number of aryl methyl sites for hydroxylation is 1. The Morgan fingerprint density at radius 1 is 1.18 bits per heavy atom. The summed E-state index contributed by atoms with van der Waals surface area (Å²) in [7, 11) is 5.86. The van der Waals surface area contributed by atoms with Crippen LogP contribution in [0.1, 0.15) is 15.4 Å². The first kappa shape index (κ1) is 16.3. The summed E-state index contributed by atoms with van der Waals surface area (Å²) in [5.74, 6) is 0.782. The molecule has 0 atom stereocenters. The predicted molar refractivity (Wildman–Crippen MR) is 94.7 cm³/mol. The van der Waals surface area contributed by atoms with Crippen LogP contribution >= 0.6 is 11.3 Å². The summed E-state index contributed by atoms with van der Waals surface area (Å²) in [6, 6.07) is 8.48. The van der Waals surface area contributed by atoms with E-state index in [1.54, 1.807) is 18.4 Å². The van der Waals surface area contributed by atoms with Crippen LogP contribution in [0, 0.1) is 6.92 Å². The second-order valence-electron chi connectivity index (χ2n) is 5.20. The van der Waals surface area contributed by atoms with Gasteiger partial charge in [0.25, 0.3) is 0 Å². The van der Waals surface area contributed by atoms with E-state index < -0.39 is 0 Å². The molecule has 22 heavy (non-hydrogen) atoms. The molecule has 118 valence electrons. The quantitative estimate of drug-likeness (QED) is 0.657. The third-order valence-corrected chi connectivity index (χ3v) is 4.13. The van der Waals surface area contributed by atoms with Crippen LogP contribution in [0.5, 0.6) is 0 Å². The van der Waals surface area contributed by atoms with Crippen molar-refractivity contribution in [1.82, 2.24) is 15.6 Å². The summed E-state index contributed by atoms with van der Waals surface area (Å²) in [5.41, 5.74) is 2.42. The monoisotopic (exact) mass is 317 g/mol. The maximum absolute atomic E-state index is 4.34. The molecule has 0 amide bonds. The number of nitrogens with zero attached hydrogens (tertiary/aromatic N) is 3. The number of nitrogens with one attached hydrogen (secondary N) is 2. The molecule has 0 aliphatic heterocycles. The number of rotatable bonds is 5. The second kappa shape index (κ2) is 7.79. The summed E-state index contributed by atoms with van der Waals surface area (Å²) in [5, 5.41) is 7.66. The number of benzene rings is 1. The van der Waals surface area contributed by atoms with Crippen molar-refractivity contribution in [2.75, 3.05) is 26.0 Å². The van der Waals surface area contributed by atoms with Gasteiger partial charge in [0, 0.05) is 44.4 Å². The van der Waals surface area contributed by atoms with Crippen LogP contribution in [0.25, 0.3) is 0 Å². The van der Waals surface area contributed by atoms with Crippen LogP contribution in [0.15, 0.2) is 35.5 Å². The van der Waals surface area contributed by atoms with Crippen LogP contribution in [0.4, 0.5) is 5.69 Å². The largest absolute Gasteiger partial charge is 0.378 e. The molecule has 2 aromatic rings. The van der Waals surface area contributed by atoms with E-state index >= 15 is 0 Å². The van der Waals surface area contributed by atoms with Crippen LogP contribution in [0.2, 0.25) is 0 Å². The van der Waals surface area contributed by atoms with Gasteiger partial charge in [0.15, 0.2) is 5.96 Å². The van der Waals surface area contributed by atoms with E-state index in [0.29, 0.717) is 6.54 Å². The minimum absolute atomic E-state index is 0.692. The van der Waals surface area contributed by atoms with Gasteiger partial charge in [0.05, 0.1) is 6.54 Å². The minimum atomic E-state index is 0.692. The van der Waals surface area contributed by atoms with Crippen LogP contribution in [-0.4, -0.2) is 32.1 Å². The first-order chi connectivity index (χ1) is 10.6. The Labute approximate surface area is 136 Å². The molecule has 0 radical (unpaired) electrons. The molecule has 1 aromatic heterocycles. The molecule has 0 spiro atoms. The molecule has 2 N–H and O–H groups in total. The maximum atomic E-state index is 4.34. The zero-order valence-corrected chi connectivity index (χ0v) is 14.4. The van der Waals surface area contributed by atoms with Gasteiger partial charge < -0.3 is 15.5 Å². The number of hydrogen-bond acceptors (Lipinski definition) is 4. The minimum Gasteiger partial charge on any atom is -0.378 e. The molecule has 2 rings (SSSR count). The van der Waals surface area contributed by atoms with Gasteiger partial charge in [-0.2, -0.15) is 0 Å². The number of aromatic nitrogens is 1. The van der Waals surface area contributed by atoms with Crippen molar-refractivity contribution in [3.8, 4) is 0 Å². The summed E-state index contributed by atoms with van der Waals surface area (Å²) < 4.78 is 0. The van der Waals surface area contributed by atoms with Crippen molar-refractivity contribution < 1.29 is 0 Å². The highest BCUT2D eigenvalue weighted by atomic mass is 32.1. The number of aliphatic imine (C=N–C) groups is 1. The van der Waals surface area contributed by atoms with Crippen molar-refractivity contribution in [3.05, 3.63) is 45.9 Å². The average molecular weight is 317 g/mol. The zero-order chi connectivity index (χ0) is 15.9. The summed E-state index contributed by atoms with van der Waals surface area (Å²) in [6.45, 7) is 3.49. The van der Waals surface area contributed by atoms with E-state index in [4.69, 9.17) is 0 Å². The lowest BCUT2D eigenvalue weighted by Gasteiger charge is -2.14. The fourth-order valence-corrected chi connectivity index (χ4v) is 2.69. The molecular weight excluding hydrogens is 294 g/mol. The summed E-state index contributed by atoms with van der Waals surface area (Å²) in [4.78, 5) is 11.9. The number of guanidine groups is 1. The predicted octanol–water partition coefficient (Wildman–Crippen LogP) is 2.38. The fourth-order valence-electron chi connectivity index (χ4n) is 1.96. The highest BCUT2D eigenvalue weighted by molar-refractivity contribution is 7.11. The van der Waals surface area contributed by atoms with Crippen LogP contribution < -0.4 is 15.5 Å². The summed E-state index contributed by atoms with van der Waals surface area (Å²) >= 11 is 1.70. The van der Waals surface area contributed by atoms with E-state index in [-0.39, 0.29) is 0 Å². The summed E-state index contributed by atoms with van der Waals surface area (Å²) in [6.07, 6.45) is 1.89. The molecule has 0 fully saturated rings. The molecule has 0 bridgehead atoms. The second-order valence-corrected chi connectivity index (χ2v) is 6.52. The molecule has 1 heterocycles. The third-order valence-electron chi connectivity index (χ3n) is 3.21. The lowest BCUT2D eigenvalue weighted by atomic mass is 10.2. The molecule has 0 aliphatic carbocycles. The molecule has 0 unspecified atom stereocenters. The van der Waals surface area contributed by atoms with Gasteiger partial charge in [0.2, 0.25) is 0 Å². The maximum Gasteiger partial charge on any atom is 0.191 e. The Hall–Kier alpha value is -2.08. The lowest BCUT2D eigenvalue weighted by Crippen LogP contribution is -2.36. The van der Waals surface area contributed by atoms with Gasteiger partial charge in [0.1, 0.15) is 5.01 Å². The standard InChI is InChI=1S/C16H23N5S/c1-12-9-18-15(22-12)11-20-16(17-2)19-10-13-5-7-14(8-6-13)21(3)4/h5-9H,10-11H2,1-4H3,(H2,17,19,20). The van der Waals surface area contributed by atoms with E-state index in [9.17, 15) is 0 Å². The first-order valence-electron chi connectivity index (χ1n) is 7.20. The molecule has 0 saturated heterocycles. The van der Waals surface area contributed by atoms with Gasteiger partial charge in [-0.3, -0.25) is 4.99 Å². The highest BCUT2D eigenvalue weighted by Gasteiger charge is 2.02. The SMILES string of the molecule is CN=C(NCc1ccc(N(C)C)cc1)NCc1ncc(C)s1. The Bertz CT molecular complexity index is 616. The number of thiazole rings is 1. The van der Waals surface area contributed by atoms with Gasteiger partial charge in [-0.1, -0.05) is 12.1 Å². The first-order valence-corrected chi connectivity index (χ1v) is 8.02. The van der Waals surface area contributed by atoms with Crippen molar-refractivity contribution in [1.29, 1.82) is 0 Å². The molecular formula is C16H23N5S. The molecule has 0 saturated carbocycles. The molecule has 6 heteroatoms. The molecule has 5 nitrogen and oxygen atoms in total. The highest BCUT2D eigenvalue weighted by Crippen LogP contribution is 2.12. The van der Waals surface area contributed by atoms with Gasteiger partial charge in [-0.05, 0) is 24.6 Å². The van der Waals surface area contributed by atoms with E-state index in [1.165, 1.54) is 16.1 Å². The third kappa shape index (κ3) is 4.73. The zero-order valence-electron chi connectivity index (χ0n) is 13.6. The Morgan fingerprint density at radius 3 is 2.41 bits per heavy atom. The van der Waals surface area contributed by atoms with E-state index in [2.05, 4.69) is 56.7 Å². The van der Waals surface area contributed by atoms with Crippen LogP contribution in [-0.2, 0) is 13.1 Å². The lowest BCUT2D eigenvalue weighted by molar-refractivity contribution is 0.805. The van der Waals surface area contributed by atoms with Crippen molar-refractivity contribution in [2.45, 2.75) is 20.0 Å². The van der Waals surface area contributed by atoms with Crippen LogP contribution in [0.3, 0.4) is 0 Å². The number of hydrogen-bond donors (Lipinski definition) is 2. The Morgan fingerprint density at radius 2 is 1.86 bits per heavy atom. The van der Waals surface area contributed by atoms with Gasteiger partial charge in [-0.25, -0.2) is 4.98 Å². The number of anilines is 1. The average Bonchev–Trinajstić information content (AvgIpc) is 2.93. The smallest absolute Gasteiger partial charge is 0.191 e. The van der Waals surface area contributed by atoms with Crippen molar-refractivity contribution in [2.24, 2.45) is 4.99 Å². The fraction of sp³-hybridized carbons (Fsp3) is 0.375. The van der Waals surface area contributed by atoms with Crippen molar-refractivity contribution >= 4 is 23.0 Å². The van der Waals surface area contributed by atoms with E-state index in [0.717, 1.165) is 17.5 Å². The van der Waals surface area contributed by atoms with Gasteiger partial charge in [-0.15, -0.1) is 11.3 Å². The Kier molecular flexibility index (Phi) is 5.77. The van der Waals surface area contributed by atoms with Crippen molar-refractivity contribution in [3.63, 3.8) is 0 Å². The molecule has 0 aliphatic rings. The topological polar surface area (TPSA) is 52.6 Å². The normalized spacial score (nSPS) is 11.4. The van der Waals surface area contributed by atoms with Gasteiger partial charge >= 0.3 is 0 Å².